The average Bonchev–Trinajstić information content (AvgIpc) is 3.41. The highest BCUT2D eigenvalue weighted by molar-refractivity contribution is 5.71. The maximum absolute atomic E-state index is 12.9. The second-order valence-corrected chi connectivity index (χ2v) is 21.3. The molecule has 1 unspecified atom stereocenters. The molecule has 432 valence electrons. The van der Waals surface area contributed by atoms with Gasteiger partial charge in [-0.05, 0) is 83.5 Å². The summed E-state index contributed by atoms with van der Waals surface area (Å²) in [6.07, 6.45) is 83.2. The van der Waals surface area contributed by atoms with Crippen LogP contribution in [0.15, 0.2) is 85.1 Å². The highest BCUT2D eigenvalue weighted by atomic mass is 16.6. The van der Waals surface area contributed by atoms with Gasteiger partial charge in [-0.1, -0.05) is 298 Å². The predicted octanol–water partition coefficient (Wildman–Crippen LogP) is 21.9. The first-order valence-corrected chi connectivity index (χ1v) is 32.1. The van der Waals surface area contributed by atoms with Crippen LogP contribution in [0.5, 0.6) is 0 Å². The summed E-state index contributed by atoms with van der Waals surface area (Å²) in [5.74, 6) is -0.987. The fourth-order valence-electron chi connectivity index (χ4n) is 9.11. The molecule has 0 N–H and O–H groups in total. The summed E-state index contributed by atoms with van der Waals surface area (Å²) in [5.41, 5.74) is 0. The Bertz CT molecular complexity index is 1430. The van der Waals surface area contributed by atoms with Crippen LogP contribution in [0.3, 0.4) is 0 Å². The van der Waals surface area contributed by atoms with Crippen molar-refractivity contribution in [3.05, 3.63) is 85.1 Å². The minimum Gasteiger partial charge on any atom is -0.462 e. The van der Waals surface area contributed by atoms with Crippen molar-refractivity contribution in [1.82, 2.24) is 0 Å². The summed E-state index contributed by atoms with van der Waals surface area (Å²) < 4.78 is 16.8. The minimum atomic E-state index is -0.820. The first-order valence-electron chi connectivity index (χ1n) is 32.1. The third-order valence-electron chi connectivity index (χ3n) is 13.9. The molecule has 0 heterocycles. The van der Waals surface area contributed by atoms with Gasteiger partial charge in [0.1, 0.15) is 13.2 Å². The third-order valence-corrected chi connectivity index (χ3v) is 13.9. The second-order valence-electron chi connectivity index (χ2n) is 21.3. The summed E-state index contributed by atoms with van der Waals surface area (Å²) in [4.78, 5) is 38.3. The third kappa shape index (κ3) is 61.3. The van der Waals surface area contributed by atoms with Crippen molar-refractivity contribution in [3.8, 4) is 0 Å². The SMILES string of the molecule is CC/C=C\C/C=C\C/C=C\C/C=C\C/C=C\C/C=C\CCC(=O)OC(COC(=O)CCCCCCC/C=C\CCCCCCCC)COC(=O)CCCCCCCCCCCCCCCCCCCCCCCCC. The maximum Gasteiger partial charge on any atom is 0.306 e. The van der Waals surface area contributed by atoms with Crippen molar-refractivity contribution in [2.45, 2.75) is 322 Å². The second kappa shape index (κ2) is 63.1. The zero-order valence-electron chi connectivity index (χ0n) is 49.6. The Hall–Kier alpha value is -3.41. The molecular formula is C69H120O6. The molecule has 0 rings (SSSR count). The molecule has 1 atom stereocenters. The van der Waals surface area contributed by atoms with Gasteiger partial charge in [-0.15, -0.1) is 0 Å². The van der Waals surface area contributed by atoms with E-state index in [1.807, 2.05) is 6.08 Å². The standard InChI is InChI=1S/C69H120O6/c1-4-7-10-13-16-19-22-25-28-30-32-33-34-35-37-38-41-44-47-50-53-56-59-62-68(71)74-65-66(64-73-67(70)61-58-55-52-49-46-43-40-27-24-21-18-15-12-9-6-3)75-69(72)63-60-57-54-51-48-45-42-39-36-31-29-26-23-20-17-14-11-8-5-2/h8,11,17,20,26-27,29,36,39-40,45,48,54,57,66H,4-7,9-10,12-16,18-19,21-25,28,30-35,37-38,41-44,46-47,49-53,55-56,58-65H2,1-3H3/b11-8-,20-17-,29-26-,39-36-,40-27-,48-45-,57-54-. The highest BCUT2D eigenvalue weighted by Crippen LogP contribution is 2.17. The number of hydrogen-bond donors (Lipinski definition) is 0. The Morgan fingerprint density at radius 1 is 0.280 bits per heavy atom. The molecule has 0 aromatic heterocycles. The summed E-state index contributed by atoms with van der Waals surface area (Å²) in [6, 6.07) is 0. The summed E-state index contributed by atoms with van der Waals surface area (Å²) >= 11 is 0. The molecule has 0 aliphatic heterocycles. The van der Waals surface area contributed by atoms with E-state index in [4.69, 9.17) is 14.2 Å². The Balaban J connectivity index is 4.41. The largest absolute Gasteiger partial charge is 0.462 e. The van der Waals surface area contributed by atoms with Crippen LogP contribution in [0.1, 0.15) is 316 Å². The van der Waals surface area contributed by atoms with Crippen molar-refractivity contribution in [1.29, 1.82) is 0 Å². The van der Waals surface area contributed by atoms with Crippen molar-refractivity contribution in [3.63, 3.8) is 0 Å². The Kier molecular flexibility index (Phi) is 60.3. The number of carbonyl (C=O) groups is 3. The lowest BCUT2D eigenvalue weighted by molar-refractivity contribution is -0.166. The summed E-state index contributed by atoms with van der Waals surface area (Å²) in [6.45, 7) is 6.49. The molecule has 0 aromatic rings. The quantitative estimate of drug-likeness (QED) is 0.0261. The topological polar surface area (TPSA) is 78.9 Å². The average molecular weight is 1050 g/mol. The maximum atomic E-state index is 12.9. The van der Waals surface area contributed by atoms with Gasteiger partial charge in [-0.3, -0.25) is 14.4 Å². The molecule has 0 saturated carbocycles. The molecule has 0 spiro atoms. The van der Waals surface area contributed by atoms with Crippen molar-refractivity contribution in [2.75, 3.05) is 13.2 Å². The van der Waals surface area contributed by atoms with Gasteiger partial charge in [-0.2, -0.15) is 0 Å². The van der Waals surface area contributed by atoms with Crippen LogP contribution in [0.2, 0.25) is 0 Å². The number of hydrogen-bond acceptors (Lipinski definition) is 6. The smallest absolute Gasteiger partial charge is 0.306 e. The lowest BCUT2D eigenvalue weighted by Crippen LogP contribution is -2.30. The van der Waals surface area contributed by atoms with Crippen LogP contribution in [0.4, 0.5) is 0 Å². The van der Waals surface area contributed by atoms with E-state index >= 15 is 0 Å². The van der Waals surface area contributed by atoms with Gasteiger partial charge in [0, 0.05) is 19.3 Å². The zero-order chi connectivity index (χ0) is 54.3. The molecule has 0 amide bonds. The molecule has 0 aliphatic carbocycles. The summed E-state index contributed by atoms with van der Waals surface area (Å²) in [7, 11) is 0. The molecule has 6 nitrogen and oxygen atoms in total. The number of rotatable bonds is 58. The molecule has 0 aromatic carbocycles. The number of allylic oxidation sites excluding steroid dienone is 14. The van der Waals surface area contributed by atoms with Gasteiger partial charge >= 0.3 is 17.9 Å². The van der Waals surface area contributed by atoms with Gasteiger partial charge in [0.15, 0.2) is 6.10 Å². The molecule has 6 heteroatoms. The molecule has 0 bridgehead atoms. The fourth-order valence-corrected chi connectivity index (χ4v) is 9.11. The van der Waals surface area contributed by atoms with E-state index in [1.54, 1.807) is 0 Å². The Morgan fingerprint density at radius 3 is 0.867 bits per heavy atom. The Labute approximate surface area is 465 Å². The lowest BCUT2D eigenvalue weighted by Gasteiger charge is -2.18. The van der Waals surface area contributed by atoms with Crippen LogP contribution in [-0.2, 0) is 28.6 Å². The van der Waals surface area contributed by atoms with Gasteiger partial charge in [-0.25, -0.2) is 0 Å². The molecule has 0 saturated heterocycles. The van der Waals surface area contributed by atoms with Crippen molar-refractivity contribution in [2.24, 2.45) is 0 Å². The van der Waals surface area contributed by atoms with Crippen molar-refractivity contribution >= 4 is 17.9 Å². The van der Waals surface area contributed by atoms with E-state index in [0.717, 1.165) is 89.9 Å². The van der Waals surface area contributed by atoms with Crippen LogP contribution in [0, 0.1) is 0 Å². The zero-order valence-corrected chi connectivity index (χ0v) is 49.6. The van der Waals surface area contributed by atoms with E-state index in [0.29, 0.717) is 19.3 Å². The minimum absolute atomic E-state index is 0.107. The van der Waals surface area contributed by atoms with Crippen molar-refractivity contribution < 1.29 is 28.6 Å². The first-order chi connectivity index (χ1) is 37.0. The van der Waals surface area contributed by atoms with Crippen LogP contribution >= 0.6 is 0 Å². The van der Waals surface area contributed by atoms with Gasteiger partial charge in [0.25, 0.3) is 0 Å². The molecule has 0 radical (unpaired) electrons. The van der Waals surface area contributed by atoms with E-state index < -0.39 is 12.1 Å². The van der Waals surface area contributed by atoms with Crippen LogP contribution in [0.25, 0.3) is 0 Å². The predicted molar refractivity (Wildman–Crippen MR) is 325 cm³/mol. The molecule has 75 heavy (non-hydrogen) atoms. The normalized spacial score (nSPS) is 12.6. The van der Waals surface area contributed by atoms with Crippen LogP contribution < -0.4 is 0 Å². The molecule has 0 aliphatic rings. The Morgan fingerprint density at radius 2 is 0.547 bits per heavy atom. The van der Waals surface area contributed by atoms with E-state index in [9.17, 15) is 14.4 Å². The van der Waals surface area contributed by atoms with E-state index in [-0.39, 0.29) is 31.6 Å². The van der Waals surface area contributed by atoms with Gasteiger partial charge in [0.05, 0.1) is 0 Å². The fraction of sp³-hybridized carbons (Fsp3) is 0.754. The van der Waals surface area contributed by atoms with Gasteiger partial charge in [0.2, 0.25) is 0 Å². The number of unbranched alkanes of at least 4 members (excludes halogenated alkanes) is 33. The number of esters is 3. The highest BCUT2D eigenvalue weighted by Gasteiger charge is 2.19. The van der Waals surface area contributed by atoms with Gasteiger partial charge < -0.3 is 14.2 Å². The number of carbonyl (C=O) groups excluding carboxylic acids is 3. The first kappa shape index (κ1) is 71.6. The summed E-state index contributed by atoms with van der Waals surface area (Å²) in [5, 5.41) is 0. The monoisotopic (exact) mass is 1040 g/mol. The molecular weight excluding hydrogens is 925 g/mol. The van der Waals surface area contributed by atoms with E-state index in [2.05, 4.69) is 99.8 Å². The number of ether oxygens (including phenoxy) is 3. The van der Waals surface area contributed by atoms with E-state index in [1.165, 1.54) is 180 Å². The molecule has 0 fully saturated rings. The lowest BCUT2D eigenvalue weighted by atomic mass is 10.0. The van der Waals surface area contributed by atoms with Crippen LogP contribution in [-0.4, -0.2) is 37.2 Å².